The standard InChI is InChI=1S/C26H20F5N5O/c1-2-3-5-15-8-9-17(19(10-15)26(29,30)31)21-11-16(37-35-21)13-36-14-23-22(12-32-36)33-25(34-23)18-6-4-7-20(27)24(18)28/h4,6-12,14H,2-3,5,13H2,1H3. The molecule has 0 amide bonds. The molecule has 0 saturated heterocycles. The lowest BCUT2D eigenvalue weighted by Crippen LogP contribution is -2.08. The number of nitrogens with zero attached hydrogens (tertiary/aromatic N) is 5. The predicted molar refractivity (Wildman–Crippen MR) is 124 cm³/mol. The van der Waals surface area contributed by atoms with E-state index in [1.807, 2.05) is 6.92 Å². The SMILES string of the molecule is CCCCc1ccc(-c2cc(Cn3cc4nc(-c5cccc(F)c5F)nc-4cn3)on2)c(C(F)(F)F)c1. The average Bonchev–Trinajstić information content (AvgIpc) is 3.50. The van der Waals surface area contributed by atoms with Crippen molar-refractivity contribution in [1.29, 1.82) is 0 Å². The molecule has 0 radical (unpaired) electrons. The van der Waals surface area contributed by atoms with E-state index in [0.717, 1.165) is 25.0 Å². The Kier molecular flexibility index (Phi) is 6.45. The zero-order chi connectivity index (χ0) is 26.2. The first kappa shape index (κ1) is 24.5. The number of alkyl halides is 3. The number of rotatable bonds is 7. The van der Waals surface area contributed by atoms with Gasteiger partial charge in [0.1, 0.15) is 23.6 Å². The molecule has 37 heavy (non-hydrogen) atoms. The second-order valence-electron chi connectivity index (χ2n) is 8.55. The highest BCUT2D eigenvalue weighted by Crippen LogP contribution is 2.38. The van der Waals surface area contributed by atoms with Crippen molar-refractivity contribution in [2.24, 2.45) is 0 Å². The molecular formula is C26H20F5N5O. The molecular weight excluding hydrogens is 493 g/mol. The quantitative estimate of drug-likeness (QED) is 0.224. The van der Waals surface area contributed by atoms with Crippen molar-refractivity contribution in [2.45, 2.75) is 38.9 Å². The number of aromatic nitrogens is 5. The van der Waals surface area contributed by atoms with E-state index in [1.165, 1.54) is 41.3 Å². The van der Waals surface area contributed by atoms with Crippen molar-refractivity contribution in [2.75, 3.05) is 0 Å². The first-order valence-electron chi connectivity index (χ1n) is 11.5. The fourth-order valence-corrected chi connectivity index (χ4v) is 4.00. The highest BCUT2D eigenvalue weighted by atomic mass is 19.4. The van der Waals surface area contributed by atoms with Crippen molar-refractivity contribution in [3.05, 3.63) is 83.4 Å². The van der Waals surface area contributed by atoms with E-state index in [0.29, 0.717) is 23.4 Å². The Labute approximate surface area is 208 Å². The third kappa shape index (κ3) is 5.07. The van der Waals surface area contributed by atoms with Crippen LogP contribution in [0.25, 0.3) is 34.0 Å². The summed E-state index contributed by atoms with van der Waals surface area (Å²) < 4.78 is 75.8. The highest BCUT2D eigenvalue weighted by molar-refractivity contribution is 5.66. The molecule has 11 heteroatoms. The van der Waals surface area contributed by atoms with Gasteiger partial charge in [-0.2, -0.15) is 18.3 Å². The van der Waals surface area contributed by atoms with Crippen molar-refractivity contribution in [3.8, 4) is 34.0 Å². The van der Waals surface area contributed by atoms with Crippen LogP contribution in [0.5, 0.6) is 0 Å². The molecule has 0 aliphatic carbocycles. The molecule has 6 nitrogen and oxygen atoms in total. The lowest BCUT2D eigenvalue weighted by atomic mass is 9.98. The van der Waals surface area contributed by atoms with Crippen molar-refractivity contribution >= 4 is 0 Å². The van der Waals surface area contributed by atoms with Crippen LogP contribution in [-0.4, -0.2) is 24.9 Å². The maximum atomic E-state index is 14.1. The molecule has 0 saturated carbocycles. The van der Waals surface area contributed by atoms with E-state index in [-0.39, 0.29) is 35.0 Å². The first-order chi connectivity index (χ1) is 17.7. The Morgan fingerprint density at radius 1 is 0.946 bits per heavy atom. The van der Waals surface area contributed by atoms with Crippen LogP contribution >= 0.6 is 0 Å². The van der Waals surface area contributed by atoms with Gasteiger partial charge in [-0.3, -0.25) is 4.68 Å². The molecule has 2 aliphatic heterocycles. The second-order valence-corrected chi connectivity index (χ2v) is 8.55. The summed E-state index contributed by atoms with van der Waals surface area (Å²) in [4.78, 5) is 8.46. The van der Waals surface area contributed by atoms with E-state index >= 15 is 0 Å². The van der Waals surface area contributed by atoms with Gasteiger partial charge in [0.2, 0.25) is 0 Å². The third-order valence-corrected chi connectivity index (χ3v) is 5.87. The minimum absolute atomic E-state index is 0.00978. The van der Waals surface area contributed by atoms with Gasteiger partial charge in [0.15, 0.2) is 23.2 Å². The van der Waals surface area contributed by atoms with Gasteiger partial charge in [-0.05, 0) is 36.6 Å². The molecule has 190 valence electrons. The van der Waals surface area contributed by atoms with Crippen LogP contribution in [0.3, 0.4) is 0 Å². The first-order valence-corrected chi connectivity index (χ1v) is 11.5. The van der Waals surface area contributed by atoms with E-state index in [9.17, 15) is 22.0 Å². The molecule has 2 aromatic carbocycles. The second kappa shape index (κ2) is 9.72. The van der Waals surface area contributed by atoms with Crippen LogP contribution in [0.2, 0.25) is 0 Å². The van der Waals surface area contributed by atoms with Crippen LogP contribution in [-0.2, 0) is 19.1 Å². The number of halogens is 5. The molecule has 5 rings (SSSR count). The minimum Gasteiger partial charge on any atom is -0.359 e. The summed E-state index contributed by atoms with van der Waals surface area (Å²) >= 11 is 0. The van der Waals surface area contributed by atoms with Gasteiger partial charge in [0, 0.05) is 11.6 Å². The monoisotopic (exact) mass is 513 g/mol. The fourth-order valence-electron chi connectivity index (χ4n) is 4.00. The Balaban J connectivity index is 1.41. The van der Waals surface area contributed by atoms with E-state index in [4.69, 9.17) is 4.52 Å². The molecule has 3 aromatic rings. The number of aryl methyl sites for hydroxylation is 1. The van der Waals surface area contributed by atoms with E-state index < -0.39 is 23.4 Å². The molecule has 0 bridgehead atoms. The number of fused-ring (bicyclic) bond motifs is 1. The van der Waals surface area contributed by atoms with Gasteiger partial charge in [-0.15, -0.1) is 0 Å². The third-order valence-electron chi connectivity index (χ3n) is 5.87. The Morgan fingerprint density at radius 2 is 1.76 bits per heavy atom. The summed E-state index contributed by atoms with van der Waals surface area (Å²) in [5.41, 5.74) is 0.494. The van der Waals surface area contributed by atoms with Gasteiger partial charge in [-0.1, -0.05) is 36.7 Å². The molecule has 0 N–H and O–H groups in total. The molecule has 0 unspecified atom stereocenters. The molecule has 3 heterocycles. The molecule has 0 spiro atoms. The highest BCUT2D eigenvalue weighted by Gasteiger charge is 2.34. The zero-order valence-electron chi connectivity index (χ0n) is 19.6. The van der Waals surface area contributed by atoms with Crippen LogP contribution in [0, 0.1) is 11.6 Å². The lowest BCUT2D eigenvalue weighted by molar-refractivity contribution is -0.137. The van der Waals surface area contributed by atoms with Crippen molar-refractivity contribution in [1.82, 2.24) is 24.9 Å². The summed E-state index contributed by atoms with van der Waals surface area (Å²) in [5, 5.41) is 8.06. The van der Waals surface area contributed by atoms with Crippen LogP contribution in [0.15, 0.2) is 59.4 Å². The van der Waals surface area contributed by atoms with Crippen LogP contribution in [0.4, 0.5) is 22.0 Å². The largest absolute Gasteiger partial charge is 0.417 e. The minimum atomic E-state index is -4.55. The van der Waals surface area contributed by atoms with Crippen LogP contribution < -0.4 is 0 Å². The molecule has 0 atom stereocenters. The number of hydrogen-bond donors (Lipinski definition) is 0. The summed E-state index contributed by atoms with van der Waals surface area (Å²) in [6.07, 6.45) is 0.616. The fraction of sp³-hybridized carbons (Fsp3) is 0.231. The van der Waals surface area contributed by atoms with Gasteiger partial charge in [-0.25, -0.2) is 18.7 Å². The summed E-state index contributed by atoms with van der Waals surface area (Å²) in [6.45, 7) is 2.03. The lowest BCUT2D eigenvalue weighted by Gasteiger charge is -2.13. The van der Waals surface area contributed by atoms with Gasteiger partial charge >= 0.3 is 6.18 Å². The normalized spacial score (nSPS) is 11.9. The Hall–Kier alpha value is -4.15. The predicted octanol–water partition coefficient (Wildman–Crippen LogP) is 6.79. The number of benzene rings is 2. The Bertz CT molecular complexity index is 1520. The number of hydrogen-bond acceptors (Lipinski definition) is 5. The van der Waals surface area contributed by atoms with E-state index in [2.05, 4.69) is 20.2 Å². The van der Waals surface area contributed by atoms with Crippen molar-refractivity contribution in [3.63, 3.8) is 0 Å². The summed E-state index contributed by atoms with van der Waals surface area (Å²) in [6, 6.07) is 9.41. The molecule has 0 fully saturated rings. The van der Waals surface area contributed by atoms with Gasteiger partial charge in [0.05, 0.1) is 23.5 Å². The van der Waals surface area contributed by atoms with Gasteiger partial charge < -0.3 is 4.52 Å². The molecule has 1 aromatic heterocycles. The summed E-state index contributed by atoms with van der Waals surface area (Å²) in [5.74, 6) is -1.78. The van der Waals surface area contributed by atoms with Crippen molar-refractivity contribution < 1.29 is 26.5 Å². The Morgan fingerprint density at radius 3 is 2.54 bits per heavy atom. The summed E-state index contributed by atoms with van der Waals surface area (Å²) in [7, 11) is 0. The van der Waals surface area contributed by atoms with Crippen LogP contribution in [0.1, 0.15) is 36.7 Å². The maximum Gasteiger partial charge on any atom is 0.417 e. The molecule has 2 aliphatic rings. The smallest absolute Gasteiger partial charge is 0.359 e. The van der Waals surface area contributed by atoms with Gasteiger partial charge in [0.25, 0.3) is 0 Å². The average molecular weight is 513 g/mol. The number of imidazole rings is 1. The topological polar surface area (TPSA) is 69.6 Å². The number of unbranched alkanes of at least 4 members (excludes halogenated alkanes) is 1. The van der Waals surface area contributed by atoms with E-state index in [1.54, 1.807) is 6.07 Å². The zero-order valence-corrected chi connectivity index (χ0v) is 19.6. The maximum absolute atomic E-state index is 14.1.